The van der Waals surface area contributed by atoms with Gasteiger partial charge in [-0.15, -0.1) is 0 Å². The predicted octanol–water partition coefficient (Wildman–Crippen LogP) is 0.0816. The number of rotatable bonds is 2. The number of amides is 1. The number of phenols is 1. The number of nitrogens with one attached hydrogen (secondary N) is 1. The first-order valence-corrected chi connectivity index (χ1v) is 5.59. The molecule has 6 heteroatoms. The molecule has 0 aliphatic rings. The van der Waals surface area contributed by atoms with Crippen molar-refractivity contribution < 1.29 is 18.3 Å². The molecule has 5 nitrogen and oxygen atoms in total. The van der Waals surface area contributed by atoms with Crippen LogP contribution in [0.2, 0.25) is 0 Å². The first-order valence-electron chi connectivity index (χ1n) is 3.69. The molecule has 0 atom stereocenters. The van der Waals surface area contributed by atoms with Gasteiger partial charge in [-0.3, -0.25) is 4.79 Å². The fourth-order valence-corrected chi connectivity index (χ4v) is 1.29. The maximum absolute atomic E-state index is 11.2. The van der Waals surface area contributed by atoms with E-state index in [-0.39, 0.29) is 11.3 Å². The zero-order valence-electron chi connectivity index (χ0n) is 7.39. The SMILES string of the molecule is CS(=O)(=O)NC(=O)c1ccc(O)cc1. The lowest BCUT2D eigenvalue weighted by Crippen LogP contribution is -2.29. The van der Waals surface area contributed by atoms with Crippen LogP contribution in [-0.4, -0.2) is 25.7 Å². The van der Waals surface area contributed by atoms with Gasteiger partial charge in [0, 0.05) is 5.56 Å². The number of hydrogen-bond donors (Lipinski definition) is 2. The minimum Gasteiger partial charge on any atom is -0.508 e. The highest BCUT2D eigenvalue weighted by Gasteiger charge is 2.10. The summed E-state index contributed by atoms with van der Waals surface area (Å²) in [5.41, 5.74) is 0.174. The van der Waals surface area contributed by atoms with Crippen LogP contribution in [0.1, 0.15) is 10.4 Å². The molecule has 0 aromatic heterocycles. The number of benzene rings is 1. The third kappa shape index (κ3) is 3.06. The number of carbonyl (C=O) groups is 1. The minimum atomic E-state index is -3.54. The second-order valence-electron chi connectivity index (χ2n) is 2.75. The van der Waals surface area contributed by atoms with Crippen molar-refractivity contribution in [2.45, 2.75) is 0 Å². The van der Waals surface area contributed by atoms with Crippen molar-refractivity contribution in [3.05, 3.63) is 29.8 Å². The minimum absolute atomic E-state index is 0.0147. The molecule has 14 heavy (non-hydrogen) atoms. The molecule has 0 aliphatic carbocycles. The van der Waals surface area contributed by atoms with E-state index < -0.39 is 15.9 Å². The van der Waals surface area contributed by atoms with Crippen LogP contribution in [0.25, 0.3) is 0 Å². The van der Waals surface area contributed by atoms with Gasteiger partial charge < -0.3 is 5.11 Å². The average Bonchev–Trinajstić information content (AvgIpc) is 2.02. The number of hydrogen-bond acceptors (Lipinski definition) is 4. The highest BCUT2D eigenvalue weighted by atomic mass is 32.2. The van der Waals surface area contributed by atoms with Crippen molar-refractivity contribution in [1.29, 1.82) is 0 Å². The molecule has 0 spiro atoms. The topological polar surface area (TPSA) is 83.5 Å². The van der Waals surface area contributed by atoms with E-state index in [9.17, 15) is 13.2 Å². The quantitative estimate of drug-likeness (QED) is 0.731. The monoisotopic (exact) mass is 215 g/mol. The van der Waals surface area contributed by atoms with E-state index in [0.29, 0.717) is 0 Å². The molecule has 1 aromatic carbocycles. The molecule has 2 N–H and O–H groups in total. The van der Waals surface area contributed by atoms with Crippen LogP contribution in [0.15, 0.2) is 24.3 Å². The third-order valence-corrected chi connectivity index (χ3v) is 1.96. The summed E-state index contributed by atoms with van der Waals surface area (Å²) in [6.07, 6.45) is 0.894. The fraction of sp³-hybridized carbons (Fsp3) is 0.125. The van der Waals surface area contributed by atoms with Gasteiger partial charge in [-0.25, -0.2) is 13.1 Å². The molecular weight excluding hydrogens is 206 g/mol. The van der Waals surface area contributed by atoms with Gasteiger partial charge in [-0.1, -0.05) is 0 Å². The molecule has 1 aromatic rings. The van der Waals surface area contributed by atoms with Crippen molar-refractivity contribution in [3.8, 4) is 5.75 Å². The molecule has 0 aliphatic heterocycles. The van der Waals surface area contributed by atoms with Crippen LogP contribution in [0, 0.1) is 0 Å². The summed E-state index contributed by atoms with van der Waals surface area (Å²) in [4.78, 5) is 11.2. The van der Waals surface area contributed by atoms with E-state index >= 15 is 0 Å². The van der Waals surface area contributed by atoms with Crippen LogP contribution in [0.4, 0.5) is 0 Å². The molecule has 0 saturated carbocycles. The Hall–Kier alpha value is -1.56. The Labute approximate surface area is 81.4 Å². The summed E-state index contributed by atoms with van der Waals surface area (Å²) in [5, 5.41) is 8.92. The number of carbonyl (C=O) groups excluding carboxylic acids is 1. The maximum Gasteiger partial charge on any atom is 0.264 e. The Morgan fingerprint density at radius 1 is 1.29 bits per heavy atom. The summed E-state index contributed by atoms with van der Waals surface area (Å²) in [6, 6.07) is 5.26. The van der Waals surface area contributed by atoms with Crippen molar-refractivity contribution >= 4 is 15.9 Å². The van der Waals surface area contributed by atoms with Crippen LogP contribution >= 0.6 is 0 Å². The Morgan fingerprint density at radius 2 is 1.79 bits per heavy atom. The molecule has 1 amide bonds. The molecule has 0 radical (unpaired) electrons. The Morgan fingerprint density at radius 3 is 2.21 bits per heavy atom. The largest absolute Gasteiger partial charge is 0.508 e. The standard InChI is InChI=1S/C8H9NO4S/c1-14(12,13)9-8(11)6-2-4-7(10)5-3-6/h2-5,10H,1H3,(H,9,11). The van der Waals surface area contributed by atoms with E-state index in [1.54, 1.807) is 4.72 Å². The van der Waals surface area contributed by atoms with Gasteiger partial charge in [0.25, 0.3) is 5.91 Å². The second-order valence-corrected chi connectivity index (χ2v) is 4.50. The third-order valence-electron chi connectivity index (χ3n) is 1.41. The van der Waals surface area contributed by atoms with E-state index in [1.165, 1.54) is 24.3 Å². The first kappa shape index (κ1) is 10.5. The Kier molecular flexibility index (Phi) is 2.76. The lowest BCUT2D eigenvalue weighted by molar-refractivity contribution is 0.0981. The lowest BCUT2D eigenvalue weighted by Gasteiger charge is -2.01. The van der Waals surface area contributed by atoms with Gasteiger partial charge in [0.15, 0.2) is 0 Å². The lowest BCUT2D eigenvalue weighted by atomic mass is 10.2. The molecule has 0 bridgehead atoms. The van der Waals surface area contributed by atoms with E-state index in [0.717, 1.165) is 6.26 Å². The van der Waals surface area contributed by atoms with Gasteiger partial charge in [0.05, 0.1) is 6.26 Å². The Bertz CT molecular complexity index is 435. The van der Waals surface area contributed by atoms with Gasteiger partial charge in [-0.05, 0) is 24.3 Å². The van der Waals surface area contributed by atoms with E-state index in [2.05, 4.69) is 0 Å². The summed E-state index contributed by atoms with van der Waals surface area (Å²) in [7, 11) is -3.54. The van der Waals surface area contributed by atoms with E-state index in [4.69, 9.17) is 5.11 Å². The molecule has 0 unspecified atom stereocenters. The van der Waals surface area contributed by atoms with Gasteiger partial charge in [-0.2, -0.15) is 0 Å². The predicted molar refractivity (Wildman–Crippen MR) is 50.4 cm³/mol. The highest BCUT2D eigenvalue weighted by Crippen LogP contribution is 2.09. The molecule has 0 saturated heterocycles. The molecule has 0 fully saturated rings. The summed E-state index contributed by atoms with van der Waals surface area (Å²) >= 11 is 0. The molecule has 0 heterocycles. The van der Waals surface area contributed by atoms with Gasteiger partial charge >= 0.3 is 0 Å². The van der Waals surface area contributed by atoms with Crippen LogP contribution in [0.5, 0.6) is 5.75 Å². The Balaban J connectivity index is 2.86. The summed E-state index contributed by atoms with van der Waals surface area (Å²) < 4.78 is 23.2. The first-order chi connectivity index (χ1) is 6.38. The fourth-order valence-electron chi connectivity index (χ4n) is 0.840. The zero-order chi connectivity index (χ0) is 10.8. The number of phenolic OH excluding ortho intramolecular Hbond substituents is 1. The number of aromatic hydroxyl groups is 1. The van der Waals surface area contributed by atoms with Gasteiger partial charge in [0.2, 0.25) is 10.0 Å². The smallest absolute Gasteiger partial charge is 0.264 e. The van der Waals surface area contributed by atoms with Crippen molar-refractivity contribution in [2.24, 2.45) is 0 Å². The van der Waals surface area contributed by atoms with Crippen LogP contribution < -0.4 is 4.72 Å². The highest BCUT2D eigenvalue weighted by molar-refractivity contribution is 7.89. The van der Waals surface area contributed by atoms with Crippen LogP contribution in [0.3, 0.4) is 0 Å². The van der Waals surface area contributed by atoms with Crippen molar-refractivity contribution in [3.63, 3.8) is 0 Å². The van der Waals surface area contributed by atoms with Crippen LogP contribution in [-0.2, 0) is 10.0 Å². The summed E-state index contributed by atoms with van der Waals surface area (Å²) in [6.45, 7) is 0. The zero-order valence-corrected chi connectivity index (χ0v) is 8.21. The van der Waals surface area contributed by atoms with Crippen molar-refractivity contribution in [2.75, 3.05) is 6.26 Å². The summed E-state index contributed by atoms with van der Waals surface area (Å²) in [5.74, 6) is -0.701. The molecule has 1 rings (SSSR count). The molecule has 76 valence electrons. The number of sulfonamides is 1. The normalized spacial score (nSPS) is 10.9. The van der Waals surface area contributed by atoms with Gasteiger partial charge in [0.1, 0.15) is 5.75 Å². The van der Waals surface area contributed by atoms with Crippen molar-refractivity contribution in [1.82, 2.24) is 4.72 Å². The second kappa shape index (κ2) is 3.67. The molecular formula is C8H9NO4S. The maximum atomic E-state index is 11.2. The van der Waals surface area contributed by atoms with E-state index in [1.807, 2.05) is 0 Å². The average molecular weight is 215 g/mol.